The van der Waals surface area contributed by atoms with Crippen molar-refractivity contribution >= 4 is 6.29 Å². The molecule has 1 aliphatic carbocycles. The first-order chi connectivity index (χ1) is 7.79. The molecule has 0 saturated heterocycles. The largest absolute Gasteiger partial charge is 0.377 e. The SMILES string of the molecule is CCCCCC(C=O)C1(OC)CCCCC1. The van der Waals surface area contributed by atoms with Crippen LogP contribution in [0.3, 0.4) is 0 Å². The second-order valence-corrected chi connectivity index (χ2v) is 5.07. The zero-order valence-corrected chi connectivity index (χ0v) is 10.8. The summed E-state index contributed by atoms with van der Waals surface area (Å²) >= 11 is 0. The van der Waals surface area contributed by atoms with E-state index in [0.717, 1.165) is 32.0 Å². The molecule has 2 heteroatoms. The third kappa shape index (κ3) is 3.31. The van der Waals surface area contributed by atoms with Gasteiger partial charge in [0.1, 0.15) is 6.29 Å². The van der Waals surface area contributed by atoms with Gasteiger partial charge < -0.3 is 9.53 Å². The summed E-state index contributed by atoms with van der Waals surface area (Å²) in [5.41, 5.74) is -0.131. The molecule has 1 fully saturated rings. The Hall–Kier alpha value is -0.370. The summed E-state index contributed by atoms with van der Waals surface area (Å²) in [5, 5.41) is 0. The Morgan fingerprint density at radius 1 is 1.25 bits per heavy atom. The van der Waals surface area contributed by atoms with Gasteiger partial charge in [-0.2, -0.15) is 0 Å². The van der Waals surface area contributed by atoms with Crippen LogP contribution in [0.15, 0.2) is 0 Å². The van der Waals surface area contributed by atoms with E-state index in [-0.39, 0.29) is 11.5 Å². The molecule has 0 bridgehead atoms. The molecule has 0 heterocycles. The number of carbonyl (C=O) groups is 1. The van der Waals surface area contributed by atoms with Crippen LogP contribution in [0.5, 0.6) is 0 Å². The predicted octanol–water partition coefficient (Wildman–Crippen LogP) is 3.73. The van der Waals surface area contributed by atoms with Crippen molar-refractivity contribution in [3.05, 3.63) is 0 Å². The van der Waals surface area contributed by atoms with Crippen LogP contribution in [0.25, 0.3) is 0 Å². The number of methoxy groups -OCH3 is 1. The molecule has 1 aliphatic rings. The molecule has 1 atom stereocenters. The van der Waals surface area contributed by atoms with Crippen molar-refractivity contribution in [3.8, 4) is 0 Å². The molecular formula is C14H26O2. The van der Waals surface area contributed by atoms with Crippen LogP contribution >= 0.6 is 0 Å². The van der Waals surface area contributed by atoms with Crippen LogP contribution < -0.4 is 0 Å². The topological polar surface area (TPSA) is 26.3 Å². The number of hydrogen-bond acceptors (Lipinski definition) is 2. The van der Waals surface area contributed by atoms with Gasteiger partial charge in [0, 0.05) is 13.0 Å². The summed E-state index contributed by atoms with van der Waals surface area (Å²) in [7, 11) is 1.78. The van der Waals surface area contributed by atoms with E-state index in [0.29, 0.717) is 0 Å². The van der Waals surface area contributed by atoms with Gasteiger partial charge in [-0.15, -0.1) is 0 Å². The lowest BCUT2D eigenvalue weighted by molar-refractivity contribution is -0.129. The Balaban J connectivity index is 2.55. The summed E-state index contributed by atoms with van der Waals surface area (Å²) < 4.78 is 5.73. The number of unbranched alkanes of at least 4 members (excludes halogenated alkanes) is 2. The van der Waals surface area contributed by atoms with Gasteiger partial charge in [-0.1, -0.05) is 45.4 Å². The molecule has 16 heavy (non-hydrogen) atoms. The van der Waals surface area contributed by atoms with Gasteiger partial charge in [-0.25, -0.2) is 0 Å². The molecule has 1 rings (SSSR count). The van der Waals surface area contributed by atoms with Crippen molar-refractivity contribution in [3.63, 3.8) is 0 Å². The molecule has 0 aliphatic heterocycles. The molecule has 0 aromatic rings. The molecule has 0 radical (unpaired) electrons. The van der Waals surface area contributed by atoms with E-state index in [4.69, 9.17) is 4.74 Å². The van der Waals surface area contributed by atoms with Crippen LogP contribution in [0.2, 0.25) is 0 Å². The average Bonchev–Trinajstić information content (AvgIpc) is 2.35. The van der Waals surface area contributed by atoms with E-state index in [9.17, 15) is 4.79 Å². The van der Waals surface area contributed by atoms with E-state index in [1.54, 1.807) is 7.11 Å². The monoisotopic (exact) mass is 226 g/mol. The second kappa shape index (κ2) is 7.05. The fourth-order valence-corrected chi connectivity index (χ4v) is 2.95. The average molecular weight is 226 g/mol. The highest BCUT2D eigenvalue weighted by Gasteiger charge is 2.39. The van der Waals surface area contributed by atoms with Gasteiger partial charge in [0.25, 0.3) is 0 Å². The maximum atomic E-state index is 11.3. The fourth-order valence-electron chi connectivity index (χ4n) is 2.95. The summed E-state index contributed by atoms with van der Waals surface area (Å²) in [6.07, 6.45) is 11.6. The third-order valence-corrected chi connectivity index (χ3v) is 4.07. The van der Waals surface area contributed by atoms with Gasteiger partial charge in [-0.3, -0.25) is 0 Å². The van der Waals surface area contributed by atoms with Crippen molar-refractivity contribution in [2.24, 2.45) is 5.92 Å². The van der Waals surface area contributed by atoms with Gasteiger partial charge in [0.2, 0.25) is 0 Å². The van der Waals surface area contributed by atoms with Crippen molar-refractivity contribution in [1.29, 1.82) is 0 Å². The minimum absolute atomic E-state index is 0.115. The lowest BCUT2D eigenvalue weighted by atomic mass is 9.74. The standard InChI is InChI=1S/C14H26O2/c1-3-4-6-9-13(12-15)14(16-2)10-7-5-8-11-14/h12-13H,3-11H2,1-2H3. The molecule has 0 amide bonds. The maximum Gasteiger partial charge on any atom is 0.125 e. The highest BCUT2D eigenvalue weighted by atomic mass is 16.5. The number of carbonyl (C=O) groups excluding carboxylic acids is 1. The van der Waals surface area contributed by atoms with Crippen LogP contribution in [0.1, 0.15) is 64.7 Å². The zero-order chi connectivity index (χ0) is 11.9. The number of aldehydes is 1. The molecule has 1 saturated carbocycles. The van der Waals surface area contributed by atoms with Crippen molar-refractivity contribution in [1.82, 2.24) is 0 Å². The van der Waals surface area contributed by atoms with E-state index in [1.807, 2.05) is 0 Å². The lowest BCUT2D eigenvalue weighted by Crippen LogP contribution is -2.42. The van der Waals surface area contributed by atoms with Gasteiger partial charge in [-0.05, 0) is 19.3 Å². The quantitative estimate of drug-likeness (QED) is 0.488. The Kier molecular flexibility index (Phi) is 6.04. The molecule has 0 aromatic heterocycles. The second-order valence-electron chi connectivity index (χ2n) is 5.07. The maximum absolute atomic E-state index is 11.3. The molecule has 0 aromatic carbocycles. The number of hydrogen-bond donors (Lipinski definition) is 0. The Labute approximate surface area is 99.8 Å². The highest BCUT2D eigenvalue weighted by Crippen LogP contribution is 2.38. The van der Waals surface area contributed by atoms with E-state index in [1.165, 1.54) is 32.1 Å². The van der Waals surface area contributed by atoms with E-state index in [2.05, 4.69) is 6.92 Å². The van der Waals surface area contributed by atoms with E-state index < -0.39 is 0 Å². The zero-order valence-electron chi connectivity index (χ0n) is 10.8. The van der Waals surface area contributed by atoms with Gasteiger partial charge in [0.05, 0.1) is 5.60 Å². The van der Waals surface area contributed by atoms with Crippen LogP contribution in [0.4, 0.5) is 0 Å². The summed E-state index contributed by atoms with van der Waals surface area (Å²) in [5.74, 6) is 0.115. The summed E-state index contributed by atoms with van der Waals surface area (Å²) in [6, 6.07) is 0. The molecular weight excluding hydrogens is 200 g/mol. The summed E-state index contributed by atoms with van der Waals surface area (Å²) in [6.45, 7) is 2.20. The molecule has 1 unspecified atom stereocenters. The van der Waals surface area contributed by atoms with Crippen LogP contribution in [0, 0.1) is 5.92 Å². The van der Waals surface area contributed by atoms with Crippen LogP contribution in [-0.2, 0) is 9.53 Å². The Morgan fingerprint density at radius 3 is 2.44 bits per heavy atom. The normalized spacial score (nSPS) is 21.6. The highest BCUT2D eigenvalue weighted by molar-refractivity contribution is 5.55. The first-order valence-electron chi connectivity index (χ1n) is 6.79. The summed E-state index contributed by atoms with van der Waals surface area (Å²) in [4.78, 5) is 11.3. The number of rotatable bonds is 7. The van der Waals surface area contributed by atoms with Gasteiger partial charge >= 0.3 is 0 Å². The molecule has 94 valence electrons. The fraction of sp³-hybridized carbons (Fsp3) is 0.929. The molecule has 0 N–H and O–H groups in total. The minimum Gasteiger partial charge on any atom is -0.377 e. The third-order valence-electron chi connectivity index (χ3n) is 4.07. The van der Waals surface area contributed by atoms with Crippen molar-refractivity contribution < 1.29 is 9.53 Å². The van der Waals surface area contributed by atoms with Crippen molar-refractivity contribution in [2.75, 3.05) is 7.11 Å². The lowest BCUT2D eigenvalue weighted by Gasteiger charge is -2.40. The molecule has 0 spiro atoms. The van der Waals surface area contributed by atoms with E-state index >= 15 is 0 Å². The predicted molar refractivity (Wildman–Crippen MR) is 66.5 cm³/mol. The smallest absolute Gasteiger partial charge is 0.125 e. The van der Waals surface area contributed by atoms with Gasteiger partial charge in [0.15, 0.2) is 0 Å². The molecule has 2 nitrogen and oxygen atoms in total. The van der Waals surface area contributed by atoms with Crippen molar-refractivity contribution in [2.45, 2.75) is 70.3 Å². The first kappa shape index (κ1) is 13.7. The minimum atomic E-state index is -0.131. The Bertz CT molecular complexity index is 195. The first-order valence-corrected chi connectivity index (χ1v) is 6.79. The number of ether oxygens (including phenoxy) is 1. The Morgan fingerprint density at radius 2 is 1.94 bits per heavy atom. The van der Waals surface area contributed by atoms with Crippen LogP contribution in [-0.4, -0.2) is 19.0 Å².